The molecule has 0 saturated heterocycles. The summed E-state index contributed by atoms with van der Waals surface area (Å²) in [6, 6.07) is 5.58. The Morgan fingerprint density at radius 3 is 2.69 bits per heavy atom. The molecule has 13 heavy (non-hydrogen) atoms. The second-order valence-corrected chi connectivity index (χ2v) is 5.12. The molecule has 1 aromatic carbocycles. The molecular formula is C9H8Br2OS. The first-order valence-corrected chi connectivity index (χ1v) is 6.60. The molecule has 1 nitrogen and oxygen atoms in total. The minimum atomic E-state index is 0.159. The highest BCUT2D eigenvalue weighted by Crippen LogP contribution is 2.22. The Bertz CT molecular complexity index is 325. The van der Waals surface area contributed by atoms with E-state index in [1.165, 1.54) is 11.8 Å². The van der Waals surface area contributed by atoms with Crippen molar-refractivity contribution in [1.82, 2.24) is 0 Å². The summed E-state index contributed by atoms with van der Waals surface area (Å²) >= 11 is 8.23. The Labute approximate surface area is 98.5 Å². The summed E-state index contributed by atoms with van der Waals surface area (Å²) in [4.78, 5) is 11.5. The van der Waals surface area contributed by atoms with Gasteiger partial charge in [0.25, 0.3) is 0 Å². The van der Waals surface area contributed by atoms with Crippen LogP contribution >= 0.6 is 43.6 Å². The van der Waals surface area contributed by atoms with Crippen molar-refractivity contribution in [2.75, 3.05) is 12.0 Å². The highest BCUT2D eigenvalue weighted by molar-refractivity contribution is 9.11. The van der Waals surface area contributed by atoms with Crippen molar-refractivity contribution < 1.29 is 4.79 Å². The summed E-state index contributed by atoms with van der Waals surface area (Å²) in [5.74, 6) is 0.687. The van der Waals surface area contributed by atoms with Crippen LogP contribution in [-0.2, 0) is 0 Å². The predicted octanol–water partition coefficient (Wildman–Crippen LogP) is 3.76. The molecule has 0 amide bonds. The van der Waals surface area contributed by atoms with Crippen molar-refractivity contribution in [2.45, 2.75) is 0 Å². The van der Waals surface area contributed by atoms with E-state index in [1.807, 2.05) is 24.5 Å². The Morgan fingerprint density at radius 1 is 1.46 bits per heavy atom. The summed E-state index contributed by atoms with van der Waals surface area (Å²) in [5, 5.41) is 0. The molecule has 0 bridgehead atoms. The van der Waals surface area contributed by atoms with Gasteiger partial charge in [-0.1, -0.05) is 31.9 Å². The molecule has 0 spiro atoms. The van der Waals surface area contributed by atoms with Crippen LogP contribution in [0.25, 0.3) is 0 Å². The highest BCUT2D eigenvalue weighted by Gasteiger charge is 2.08. The van der Waals surface area contributed by atoms with Crippen molar-refractivity contribution in [1.29, 1.82) is 0 Å². The largest absolute Gasteiger partial charge is 0.293 e. The summed E-state index contributed by atoms with van der Waals surface area (Å²) in [7, 11) is 0. The molecule has 0 atom stereocenters. The van der Waals surface area contributed by atoms with Crippen molar-refractivity contribution in [3.8, 4) is 0 Å². The zero-order valence-corrected chi connectivity index (χ0v) is 11.0. The van der Waals surface area contributed by atoms with Crippen molar-refractivity contribution >= 4 is 49.4 Å². The minimum absolute atomic E-state index is 0.159. The van der Waals surface area contributed by atoms with E-state index in [0.717, 1.165) is 14.5 Å². The number of halogens is 2. The number of rotatable bonds is 3. The van der Waals surface area contributed by atoms with E-state index in [4.69, 9.17) is 0 Å². The Morgan fingerprint density at radius 2 is 2.15 bits per heavy atom. The van der Waals surface area contributed by atoms with E-state index in [9.17, 15) is 4.79 Å². The quantitative estimate of drug-likeness (QED) is 0.788. The molecule has 0 aromatic heterocycles. The Hall–Kier alpha value is 0.200. The third-order valence-electron chi connectivity index (χ3n) is 1.51. The maximum Gasteiger partial charge on any atom is 0.173 e. The normalized spacial score (nSPS) is 10.1. The van der Waals surface area contributed by atoms with Crippen LogP contribution in [0.2, 0.25) is 0 Å². The number of benzene rings is 1. The van der Waals surface area contributed by atoms with E-state index in [1.54, 1.807) is 0 Å². The molecule has 1 aromatic rings. The van der Waals surface area contributed by atoms with E-state index in [2.05, 4.69) is 31.9 Å². The number of hydrogen-bond donors (Lipinski definition) is 0. The van der Waals surface area contributed by atoms with E-state index >= 15 is 0 Å². The van der Waals surface area contributed by atoms with Gasteiger partial charge in [0.05, 0.1) is 5.75 Å². The first-order chi connectivity index (χ1) is 6.15. The number of carbonyl (C=O) groups excluding carboxylic acids is 1. The van der Waals surface area contributed by atoms with Gasteiger partial charge >= 0.3 is 0 Å². The fourth-order valence-corrected chi connectivity index (χ4v) is 2.61. The maximum atomic E-state index is 11.5. The molecule has 4 heteroatoms. The first kappa shape index (κ1) is 11.3. The molecule has 1 rings (SSSR count). The molecule has 0 heterocycles. The van der Waals surface area contributed by atoms with Crippen LogP contribution in [0, 0.1) is 0 Å². The molecule has 0 fully saturated rings. The molecule has 0 unspecified atom stereocenters. The molecule has 0 N–H and O–H groups in total. The Balaban J connectivity index is 2.95. The van der Waals surface area contributed by atoms with Gasteiger partial charge in [0.1, 0.15) is 0 Å². The predicted molar refractivity (Wildman–Crippen MR) is 64.6 cm³/mol. The van der Waals surface area contributed by atoms with Gasteiger partial charge in [0, 0.05) is 14.5 Å². The van der Waals surface area contributed by atoms with Crippen LogP contribution < -0.4 is 0 Å². The van der Waals surface area contributed by atoms with E-state index < -0.39 is 0 Å². The number of carbonyl (C=O) groups is 1. The smallest absolute Gasteiger partial charge is 0.173 e. The summed E-state index contributed by atoms with van der Waals surface area (Å²) in [6.45, 7) is 0. The van der Waals surface area contributed by atoms with Gasteiger partial charge in [-0.2, -0.15) is 11.8 Å². The number of hydrogen-bond acceptors (Lipinski definition) is 2. The van der Waals surface area contributed by atoms with Gasteiger partial charge in [-0.15, -0.1) is 0 Å². The maximum absolute atomic E-state index is 11.5. The van der Waals surface area contributed by atoms with Gasteiger partial charge in [0.15, 0.2) is 5.78 Å². The zero-order valence-electron chi connectivity index (χ0n) is 7.01. The van der Waals surface area contributed by atoms with Crippen LogP contribution in [0.15, 0.2) is 27.1 Å². The zero-order chi connectivity index (χ0) is 9.84. The minimum Gasteiger partial charge on any atom is -0.293 e. The second kappa shape index (κ2) is 5.17. The molecule has 0 aliphatic heterocycles. The van der Waals surface area contributed by atoms with Crippen LogP contribution in [0.4, 0.5) is 0 Å². The van der Waals surface area contributed by atoms with Gasteiger partial charge in [-0.05, 0) is 24.5 Å². The summed E-state index contributed by atoms with van der Waals surface area (Å²) in [6.07, 6.45) is 1.92. The van der Waals surface area contributed by atoms with Crippen LogP contribution in [0.5, 0.6) is 0 Å². The molecule has 0 aliphatic rings. The second-order valence-electron chi connectivity index (χ2n) is 2.48. The molecule has 0 aliphatic carbocycles. The Kier molecular flexibility index (Phi) is 4.49. The number of ketones is 1. The lowest BCUT2D eigenvalue weighted by Crippen LogP contribution is -2.02. The number of Topliss-reactive ketones (excluding diaryl/α,β-unsaturated/α-hetero) is 1. The van der Waals surface area contributed by atoms with Gasteiger partial charge < -0.3 is 0 Å². The topological polar surface area (TPSA) is 17.1 Å². The number of thioether (sulfide) groups is 1. The van der Waals surface area contributed by atoms with E-state index in [0.29, 0.717) is 5.75 Å². The van der Waals surface area contributed by atoms with Crippen LogP contribution in [0.1, 0.15) is 10.4 Å². The highest BCUT2D eigenvalue weighted by atomic mass is 79.9. The first-order valence-electron chi connectivity index (χ1n) is 3.62. The third kappa shape index (κ3) is 3.11. The lowest BCUT2D eigenvalue weighted by Gasteiger charge is -2.02. The average molecular weight is 324 g/mol. The van der Waals surface area contributed by atoms with Gasteiger partial charge in [-0.3, -0.25) is 4.79 Å². The summed E-state index contributed by atoms with van der Waals surface area (Å²) in [5.41, 5.74) is 0.748. The van der Waals surface area contributed by atoms with E-state index in [-0.39, 0.29) is 5.78 Å². The molecule has 70 valence electrons. The average Bonchev–Trinajstić information content (AvgIpc) is 2.04. The standard InChI is InChI=1S/C9H8Br2OS/c1-13-5-9(12)7-3-2-6(10)4-8(7)11/h2-4H,5H2,1H3. The third-order valence-corrected chi connectivity index (χ3v) is 3.21. The fraction of sp³-hybridized carbons (Fsp3) is 0.222. The van der Waals surface area contributed by atoms with Crippen LogP contribution in [-0.4, -0.2) is 17.8 Å². The van der Waals surface area contributed by atoms with Gasteiger partial charge in [0.2, 0.25) is 0 Å². The van der Waals surface area contributed by atoms with Crippen molar-refractivity contribution in [3.63, 3.8) is 0 Å². The monoisotopic (exact) mass is 322 g/mol. The molecule has 0 saturated carbocycles. The van der Waals surface area contributed by atoms with Crippen molar-refractivity contribution in [3.05, 3.63) is 32.7 Å². The van der Waals surface area contributed by atoms with Crippen molar-refractivity contribution in [2.24, 2.45) is 0 Å². The van der Waals surface area contributed by atoms with Gasteiger partial charge in [-0.25, -0.2) is 0 Å². The summed E-state index contributed by atoms with van der Waals surface area (Å²) < 4.78 is 1.82. The lowest BCUT2D eigenvalue weighted by molar-refractivity contribution is 0.102. The SMILES string of the molecule is CSCC(=O)c1ccc(Br)cc1Br. The fourth-order valence-electron chi connectivity index (χ4n) is 0.924. The lowest BCUT2D eigenvalue weighted by atomic mass is 10.1. The van der Waals surface area contributed by atoms with Crippen LogP contribution in [0.3, 0.4) is 0 Å². The molecular weight excluding hydrogens is 316 g/mol. The molecule has 0 radical (unpaired) electrons.